The Morgan fingerprint density at radius 1 is 0.358 bits per heavy atom. The second-order valence-electron chi connectivity index (χ2n) is 14.0. The quantitative estimate of drug-likeness (QED) is 0.171. The van der Waals surface area contributed by atoms with Crippen LogP contribution in [0.15, 0.2) is 182 Å². The van der Waals surface area contributed by atoms with Crippen molar-refractivity contribution in [2.24, 2.45) is 0 Å². The summed E-state index contributed by atoms with van der Waals surface area (Å²) in [5.41, 5.74) is 11.2. The molecule has 0 aliphatic rings. The van der Waals surface area contributed by atoms with Crippen molar-refractivity contribution >= 4 is 64.9 Å². The van der Waals surface area contributed by atoms with E-state index < -0.39 is 0 Å². The first-order valence-corrected chi connectivity index (χ1v) is 18.1. The number of hydrogen-bond donors (Lipinski definition) is 0. The number of aromatic nitrogens is 1. The van der Waals surface area contributed by atoms with E-state index in [2.05, 4.69) is 174 Å². The molecule has 0 radical (unpaired) electrons. The molecule has 0 aliphatic heterocycles. The Labute approximate surface area is 306 Å². The summed E-state index contributed by atoms with van der Waals surface area (Å²) in [5, 5.41) is 22.1. The van der Waals surface area contributed by atoms with Gasteiger partial charge in [-0.3, -0.25) is 0 Å². The van der Waals surface area contributed by atoms with Gasteiger partial charge in [0.15, 0.2) is 0 Å². The molecule has 0 unspecified atom stereocenters. The molecular weight excluding hydrogens is 641 g/mol. The second-order valence-corrected chi connectivity index (χ2v) is 14.0. The highest BCUT2D eigenvalue weighted by atomic mass is 15.0. The van der Waals surface area contributed by atoms with Crippen LogP contribution in [-0.4, -0.2) is 4.57 Å². The molecule has 0 saturated carbocycles. The number of benzene rings is 10. The largest absolute Gasteiger partial charge is 0.309 e. The zero-order chi connectivity index (χ0) is 35.0. The van der Waals surface area contributed by atoms with Crippen LogP contribution in [0.4, 0.5) is 0 Å². The highest BCUT2D eigenvalue weighted by Crippen LogP contribution is 2.44. The van der Waals surface area contributed by atoms with Crippen molar-refractivity contribution in [2.75, 3.05) is 0 Å². The number of nitrogens with zero attached hydrogens (tertiary/aromatic N) is 2. The van der Waals surface area contributed by atoms with Gasteiger partial charge in [-0.25, -0.2) is 0 Å². The SMILES string of the molecule is N#Cc1ccc2c(c1)c1ccc(-c3cccc(-c4ccc5ccc6c(-c7cccc8ccccc78)ccc7ccc4c5c76)c3)cc1n2-c1ccccc1. The molecule has 2 heteroatoms. The van der Waals surface area contributed by atoms with E-state index in [0.717, 1.165) is 38.6 Å². The Balaban J connectivity index is 1.09. The van der Waals surface area contributed by atoms with Crippen LogP contribution < -0.4 is 0 Å². The molecule has 1 heterocycles. The van der Waals surface area contributed by atoms with Crippen molar-refractivity contribution in [3.63, 3.8) is 0 Å². The van der Waals surface area contributed by atoms with Crippen LogP contribution in [0.2, 0.25) is 0 Å². The fraction of sp³-hybridized carbons (Fsp3) is 0. The van der Waals surface area contributed by atoms with Crippen LogP contribution in [-0.2, 0) is 0 Å². The van der Waals surface area contributed by atoms with Crippen molar-refractivity contribution in [1.82, 2.24) is 4.57 Å². The lowest BCUT2D eigenvalue weighted by molar-refractivity contribution is 1.18. The molecular formula is C51H30N2. The molecule has 0 atom stereocenters. The van der Waals surface area contributed by atoms with Crippen LogP contribution in [0.3, 0.4) is 0 Å². The maximum Gasteiger partial charge on any atom is 0.0991 e. The maximum atomic E-state index is 9.69. The fourth-order valence-electron chi connectivity index (χ4n) is 8.74. The summed E-state index contributed by atoms with van der Waals surface area (Å²) in [7, 11) is 0. The molecule has 0 fully saturated rings. The van der Waals surface area contributed by atoms with Gasteiger partial charge in [0.2, 0.25) is 0 Å². The van der Waals surface area contributed by atoms with Gasteiger partial charge in [0.25, 0.3) is 0 Å². The van der Waals surface area contributed by atoms with E-state index in [1.165, 1.54) is 65.3 Å². The third-order valence-electron chi connectivity index (χ3n) is 11.2. The lowest BCUT2D eigenvalue weighted by Gasteiger charge is -2.17. The molecule has 0 spiro atoms. The summed E-state index contributed by atoms with van der Waals surface area (Å²) in [6.45, 7) is 0. The van der Waals surface area contributed by atoms with Crippen LogP contribution in [0.25, 0.3) is 104 Å². The minimum atomic E-state index is 0.666. The van der Waals surface area contributed by atoms with Gasteiger partial charge < -0.3 is 4.57 Å². The van der Waals surface area contributed by atoms with E-state index in [0.29, 0.717) is 5.56 Å². The van der Waals surface area contributed by atoms with E-state index in [4.69, 9.17) is 0 Å². The number of fused-ring (bicyclic) bond motifs is 4. The van der Waals surface area contributed by atoms with Crippen LogP contribution >= 0.6 is 0 Å². The first kappa shape index (κ1) is 29.5. The average molecular weight is 671 g/mol. The number of nitriles is 1. The highest BCUT2D eigenvalue weighted by molar-refractivity contribution is 6.28. The standard InChI is InChI=1S/C51H30N2/c52-31-32-16-27-48-47(28-32)44-24-21-37(30-49(44)53(48)39-12-2-1-3-13-39)36-10-6-11-38(29-36)41-22-17-34-20-26-46-43(23-18-35-19-25-45(41)50(34)51(35)46)42-15-7-9-33-8-4-5-14-40(33)42/h1-30H. The van der Waals surface area contributed by atoms with Gasteiger partial charge >= 0.3 is 0 Å². The lowest BCUT2D eigenvalue weighted by Crippen LogP contribution is -1.93. The molecule has 11 rings (SSSR count). The molecule has 1 aromatic heterocycles. The zero-order valence-electron chi connectivity index (χ0n) is 28.7. The summed E-state index contributed by atoms with van der Waals surface area (Å²) >= 11 is 0. The Morgan fingerprint density at radius 2 is 1.00 bits per heavy atom. The molecule has 53 heavy (non-hydrogen) atoms. The third-order valence-corrected chi connectivity index (χ3v) is 11.2. The molecule has 0 saturated heterocycles. The smallest absolute Gasteiger partial charge is 0.0991 e. The molecule has 2 nitrogen and oxygen atoms in total. The highest BCUT2D eigenvalue weighted by Gasteiger charge is 2.17. The summed E-state index contributed by atoms with van der Waals surface area (Å²) in [6.07, 6.45) is 0. The molecule has 0 N–H and O–H groups in total. The van der Waals surface area contributed by atoms with Crippen LogP contribution in [0, 0.1) is 11.3 Å². The Morgan fingerprint density at radius 3 is 1.83 bits per heavy atom. The number of hydrogen-bond acceptors (Lipinski definition) is 1. The summed E-state index contributed by atoms with van der Waals surface area (Å²) in [5.74, 6) is 0. The van der Waals surface area contributed by atoms with Crippen LogP contribution in [0.1, 0.15) is 5.56 Å². The normalized spacial score (nSPS) is 11.8. The summed E-state index contributed by atoms with van der Waals surface area (Å²) < 4.78 is 2.31. The van der Waals surface area contributed by atoms with Gasteiger partial charge in [0.05, 0.1) is 22.7 Å². The van der Waals surface area contributed by atoms with E-state index in [9.17, 15) is 5.26 Å². The molecule has 10 aromatic carbocycles. The minimum absolute atomic E-state index is 0.666. The fourth-order valence-corrected chi connectivity index (χ4v) is 8.74. The van der Waals surface area contributed by atoms with Crippen molar-refractivity contribution in [3.05, 3.63) is 188 Å². The van der Waals surface area contributed by atoms with Gasteiger partial charge in [0, 0.05) is 16.5 Å². The predicted molar refractivity (Wildman–Crippen MR) is 223 cm³/mol. The van der Waals surface area contributed by atoms with Gasteiger partial charge in [-0.15, -0.1) is 0 Å². The van der Waals surface area contributed by atoms with E-state index in [-0.39, 0.29) is 0 Å². The lowest BCUT2D eigenvalue weighted by atomic mass is 9.86. The molecule has 0 bridgehead atoms. The molecule has 0 aliphatic carbocycles. The van der Waals surface area contributed by atoms with E-state index >= 15 is 0 Å². The zero-order valence-corrected chi connectivity index (χ0v) is 28.7. The first-order valence-electron chi connectivity index (χ1n) is 18.1. The Kier molecular flexibility index (Phi) is 6.35. The van der Waals surface area contributed by atoms with Crippen molar-refractivity contribution in [3.8, 4) is 45.1 Å². The topological polar surface area (TPSA) is 28.7 Å². The maximum absolute atomic E-state index is 9.69. The number of para-hydroxylation sites is 1. The second kappa shape index (κ2) is 11.4. The van der Waals surface area contributed by atoms with Crippen molar-refractivity contribution in [1.29, 1.82) is 5.26 Å². The minimum Gasteiger partial charge on any atom is -0.309 e. The van der Waals surface area contributed by atoms with Crippen molar-refractivity contribution in [2.45, 2.75) is 0 Å². The molecule has 0 amide bonds. The van der Waals surface area contributed by atoms with Gasteiger partial charge in [0.1, 0.15) is 0 Å². The average Bonchev–Trinajstić information content (AvgIpc) is 3.55. The van der Waals surface area contributed by atoms with E-state index in [1.807, 2.05) is 18.2 Å². The van der Waals surface area contributed by atoms with Gasteiger partial charge in [-0.05, 0) is 119 Å². The Hall–Kier alpha value is -7.21. The predicted octanol–water partition coefficient (Wildman–Crippen LogP) is 13.7. The third kappa shape index (κ3) is 4.45. The van der Waals surface area contributed by atoms with Crippen molar-refractivity contribution < 1.29 is 0 Å². The molecule has 11 aromatic rings. The monoisotopic (exact) mass is 670 g/mol. The number of rotatable bonds is 4. The van der Waals surface area contributed by atoms with Crippen LogP contribution in [0.5, 0.6) is 0 Å². The van der Waals surface area contributed by atoms with Gasteiger partial charge in [-0.1, -0.05) is 140 Å². The molecule has 244 valence electrons. The summed E-state index contributed by atoms with van der Waals surface area (Å²) in [4.78, 5) is 0. The van der Waals surface area contributed by atoms with E-state index in [1.54, 1.807) is 0 Å². The van der Waals surface area contributed by atoms with Gasteiger partial charge in [-0.2, -0.15) is 5.26 Å². The Bertz CT molecular complexity index is 3280. The summed E-state index contributed by atoms with van der Waals surface area (Å²) in [6, 6.07) is 68.1. The first-order chi connectivity index (χ1) is 26.2.